The van der Waals surface area contributed by atoms with Gasteiger partial charge >= 0.3 is 6.03 Å². The number of rotatable bonds is 4. The third-order valence-corrected chi connectivity index (χ3v) is 4.35. The summed E-state index contributed by atoms with van der Waals surface area (Å²) in [6.45, 7) is 5.03. The molecule has 1 unspecified atom stereocenters. The highest BCUT2D eigenvalue weighted by Gasteiger charge is 2.50. The van der Waals surface area contributed by atoms with E-state index >= 15 is 0 Å². The first-order valence-electron chi connectivity index (χ1n) is 8.24. The maximum absolute atomic E-state index is 13.0. The van der Waals surface area contributed by atoms with Crippen LogP contribution in [0.3, 0.4) is 0 Å². The molecule has 1 aliphatic heterocycles. The van der Waals surface area contributed by atoms with Crippen molar-refractivity contribution >= 4 is 28.6 Å². The van der Waals surface area contributed by atoms with Gasteiger partial charge in [-0.2, -0.15) is 0 Å². The summed E-state index contributed by atoms with van der Waals surface area (Å²) >= 11 is 0. The number of amides is 4. The maximum atomic E-state index is 13.0. The molecule has 4 amide bonds. The Balaban J connectivity index is 1.95. The topological polar surface area (TPSA) is 78.5 Å². The second-order valence-electron chi connectivity index (χ2n) is 6.70. The van der Waals surface area contributed by atoms with Crippen LogP contribution in [-0.2, 0) is 15.1 Å². The largest absolute Gasteiger partial charge is 0.352 e. The van der Waals surface area contributed by atoms with E-state index in [1.165, 1.54) is 0 Å². The Labute approximate surface area is 146 Å². The van der Waals surface area contributed by atoms with Gasteiger partial charge in [0.15, 0.2) is 0 Å². The summed E-state index contributed by atoms with van der Waals surface area (Å²) in [5.41, 5.74) is -0.480. The molecule has 1 fully saturated rings. The van der Waals surface area contributed by atoms with Crippen LogP contribution in [0.5, 0.6) is 0 Å². The number of hydrogen-bond acceptors (Lipinski definition) is 3. The fourth-order valence-electron chi connectivity index (χ4n) is 3.20. The summed E-state index contributed by atoms with van der Waals surface area (Å²) in [7, 11) is 0. The summed E-state index contributed by atoms with van der Waals surface area (Å²) in [4.78, 5) is 38.3. The quantitative estimate of drug-likeness (QED) is 0.838. The van der Waals surface area contributed by atoms with Gasteiger partial charge in [0.05, 0.1) is 0 Å². The smallest absolute Gasteiger partial charge is 0.325 e. The monoisotopic (exact) mass is 339 g/mol. The summed E-state index contributed by atoms with van der Waals surface area (Å²) in [5, 5.41) is 7.33. The zero-order valence-corrected chi connectivity index (χ0v) is 14.5. The van der Waals surface area contributed by atoms with Crippen LogP contribution in [0.25, 0.3) is 10.8 Å². The molecule has 3 rings (SSSR count). The van der Waals surface area contributed by atoms with Crippen LogP contribution in [0.4, 0.5) is 4.79 Å². The molecule has 2 aromatic rings. The lowest BCUT2D eigenvalue weighted by Gasteiger charge is -2.24. The van der Waals surface area contributed by atoms with Crippen molar-refractivity contribution in [3.8, 4) is 0 Å². The SMILES string of the molecule is CC(C)NC(=O)CN1C(=O)NC(C)(c2cccc3ccccc23)C1=O. The molecule has 0 aliphatic carbocycles. The number of hydrogen-bond donors (Lipinski definition) is 2. The standard InChI is InChI=1S/C19H21N3O3/c1-12(2)20-16(23)11-22-17(24)19(3,21-18(22)25)15-10-6-8-13-7-4-5-9-14(13)15/h4-10,12H,11H2,1-3H3,(H,20,23)(H,21,25). The van der Waals surface area contributed by atoms with E-state index in [0.29, 0.717) is 0 Å². The third-order valence-electron chi connectivity index (χ3n) is 4.35. The molecule has 1 heterocycles. The van der Waals surface area contributed by atoms with Gasteiger partial charge in [-0.05, 0) is 37.1 Å². The van der Waals surface area contributed by atoms with Gasteiger partial charge in [0, 0.05) is 6.04 Å². The zero-order chi connectivity index (χ0) is 18.2. The van der Waals surface area contributed by atoms with E-state index in [1.807, 2.05) is 56.3 Å². The highest BCUT2D eigenvalue weighted by molar-refractivity contribution is 6.10. The summed E-state index contributed by atoms with van der Waals surface area (Å²) in [5.74, 6) is -0.784. The Morgan fingerprint density at radius 2 is 1.84 bits per heavy atom. The van der Waals surface area contributed by atoms with Gasteiger partial charge in [0.2, 0.25) is 5.91 Å². The Morgan fingerprint density at radius 3 is 2.56 bits per heavy atom. The van der Waals surface area contributed by atoms with Gasteiger partial charge in [-0.1, -0.05) is 42.5 Å². The van der Waals surface area contributed by atoms with Crippen molar-refractivity contribution in [2.45, 2.75) is 32.4 Å². The van der Waals surface area contributed by atoms with Gasteiger partial charge in [0.25, 0.3) is 5.91 Å². The van der Waals surface area contributed by atoms with Gasteiger partial charge in [-0.25, -0.2) is 4.79 Å². The molecule has 1 saturated heterocycles. The average molecular weight is 339 g/mol. The van der Waals surface area contributed by atoms with Crippen LogP contribution in [0, 0.1) is 0 Å². The fourth-order valence-corrected chi connectivity index (χ4v) is 3.20. The molecule has 1 atom stereocenters. The van der Waals surface area contributed by atoms with Crippen molar-refractivity contribution < 1.29 is 14.4 Å². The van der Waals surface area contributed by atoms with E-state index < -0.39 is 17.5 Å². The van der Waals surface area contributed by atoms with E-state index in [1.54, 1.807) is 6.92 Å². The zero-order valence-electron chi connectivity index (χ0n) is 14.5. The molecule has 1 aliphatic rings. The normalized spacial score (nSPS) is 20.2. The Hall–Kier alpha value is -2.89. The van der Waals surface area contributed by atoms with Crippen LogP contribution in [0.2, 0.25) is 0 Å². The Kier molecular flexibility index (Phi) is 4.20. The average Bonchev–Trinajstić information content (AvgIpc) is 2.78. The summed E-state index contributed by atoms with van der Waals surface area (Å²) in [6, 6.07) is 12.7. The molecule has 0 aromatic heterocycles. The van der Waals surface area contributed by atoms with Crippen LogP contribution in [-0.4, -0.2) is 35.3 Å². The van der Waals surface area contributed by atoms with Crippen LogP contribution in [0.1, 0.15) is 26.3 Å². The number of carbonyl (C=O) groups excluding carboxylic acids is 3. The minimum absolute atomic E-state index is 0.0577. The maximum Gasteiger partial charge on any atom is 0.325 e. The van der Waals surface area contributed by atoms with Crippen molar-refractivity contribution in [3.63, 3.8) is 0 Å². The van der Waals surface area contributed by atoms with Crippen molar-refractivity contribution in [1.29, 1.82) is 0 Å². The number of imide groups is 1. The van der Waals surface area contributed by atoms with E-state index in [-0.39, 0.29) is 18.5 Å². The number of fused-ring (bicyclic) bond motifs is 1. The van der Waals surface area contributed by atoms with Gasteiger partial charge in [-0.3, -0.25) is 14.5 Å². The van der Waals surface area contributed by atoms with Crippen molar-refractivity contribution in [1.82, 2.24) is 15.5 Å². The lowest BCUT2D eigenvalue weighted by Crippen LogP contribution is -2.44. The minimum Gasteiger partial charge on any atom is -0.352 e. The van der Waals surface area contributed by atoms with E-state index in [0.717, 1.165) is 21.2 Å². The lowest BCUT2D eigenvalue weighted by molar-refractivity contribution is -0.134. The minimum atomic E-state index is -1.20. The number of nitrogens with zero attached hydrogens (tertiary/aromatic N) is 1. The molecular weight excluding hydrogens is 318 g/mol. The molecule has 0 bridgehead atoms. The fraction of sp³-hybridized carbons (Fsp3) is 0.316. The molecule has 6 heteroatoms. The van der Waals surface area contributed by atoms with E-state index in [2.05, 4.69) is 10.6 Å². The second kappa shape index (κ2) is 6.20. The lowest BCUT2D eigenvalue weighted by atomic mass is 9.88. The molecule has 2 aromatic carbocycles. The number of benzene rings is 2. The number of carbonyl (C=O) groups is 3. The number of urea groups is 1. The van der Waals surface area contributed by atoms with Crippen LogP contribution in [0.15, 0.2) is 42.5 Å². The van der Waals surface area contributed by atoms with E-state index in [9.17, 15) is 14.4 Å². The van der Waals surface area contributed by atoms with Crippen LogP contribution >= 0.6 is 0 Å². The molecular formula is C19H21N3O3. The van der Waals surface area contributed by atoms with Crippen molar-refractivity contribution in [2.75, 3.05) is 6.54 Å². The molecule has 6 nitrogen and oxygen atoms in total. The van der Waals surface area contributed by atoms with E-state index in [4.69, 9.17) is 0 Å². The Bertz CT molecular complexity index is 857. The van der Waals surface area contributed by atoms with Crippen molar-refractivity contribution in [2.24, 2.45) is 0 Å². The van der Waals surface area contributed by atoms with Gasteiger partial charge < -0.3 is 10.6 Å². The molecule has 2 N–H and O–H groups in total. The first kappa shape index (κ1) is 17.0. The van der Waals surface area contributed by atoms with Crippen LogP contribution < -0.4 is 10.6 Å². The third kappa shape index (κ3) is 2.95. The molecule has 0 spiro atoms. The molecule has 0 saturated carbocycles. The Morgan fingerprint density at radius 1 is 1.16 bits per heavy atom. The summed E-state index contributed by atoms with van der Waals surface area (Å²) < 4.78 is 0. The highest BCUT2D eigenvalue weighted by Crippen LogP contribution is 2.33. The molecule has 25 heavy (non-hydrogen) atoms. The first-order valence-corrected chi connectivity index (χ1v) is 8.24. The van der Waals surface area contributed by atoms with Gasteiger partial charge in [0.1, 0.15) is 12.1 Å². The van der Waals surface area contributed by atoms with Gasteiger partial charge in [-0.15, -0.1) is 0 Å². The molecule has 130 valence electrons. The molecule has 0 radical (unpaired) electrons. The predicted octanol–water partition coefficient (Wildman–Crippen LogP) is 2.13. The summed E-state index contributed by atoms with van der Waals surface area (Å²) in [6.07, 6.45) is 0. The highest BCUT2D eigenvalue weighted by atomic mass is 16.2. The second-order valence-corrected chi connectivity index (χ2v) is 6.70. The first-order chi connectivity index (χ1) is 11.8. The predicted molar refractivity (Wildman–Crippen MR) is 94.8 cm³/mol. The van der Waals surface area contributed by atoms with Crippen molar-refractivity contribution in [3.05, 3.63) is 48.0 Å². The number of nitrogens with one attached hydrogen (secondary N) is 2.